The molecule has 102 valence electrons. The fraction of sp³-hybridized carbons (Fsp3) is 0.188. The van der Waals surface area contributed by atoms with E-state index in [0.717, 1.165) is 17.3 Å². The summed E-state index contributed by atoms with van der Waals surface area (Å²) >= 11 is 9.35. The van der Waals surface area contributed by atoms with Crippen LogP contribution in [-0.2, 0) is 12.8 Å². The van der Waals surface area contributed by atoms with Gasteiger partial charge in [-0.15, -0.1) is 0 Å². The molecule has 2 nitrogen and oxygen atoms in total. The maximum Gasteiger partial charge on any atom is 0.255 e. The molecular weight excluding hydrogens is 338 g/mol. The topological polar surface area (TPSA) is 29.1 Å². The Bertz CT molecular complexity index is 684. The SMILES string of the molecule is O=C(Nc1ccc(Br)c(Cl)c1)c1ccc2c(c1)CCC2. The summed E-state index contributed by atoms with van der Waals surface area (Å²) in [7, 11) is 0. The monoisotopic (exact) mass is 349 g/mol. The minimum Gasteiger partial charge on any atom is -0.322 e. The number of carbonyl (C=O) groups is 1. The molecule has 2 aromatic carbocycles. The van der Waals surface area contributed by atoms with Crippen LogP contribution < -0.4 is 5.32 Å². The second-order valence-corrected chi connectivity index (χ2v) is 6.18. The predicted molar refractivity (Wildman–Crippen MR) is 85.6 cm³/mol. The van der Waals surface area contributed by atoms with E-state index in [-0.39, 0.29) is 5.91 Å². The van der Waals surface area contributed by atoms with E-state index in [1.807, 2.05) is 24.3 Å². The minimum atomic E-state index is -0.0990. The van der Waals surface area contributed by atoms with Gasteiger partial charge in [-0.05, 0) is 76.7 Å². The maximum absolute atomic E-state index is 12.2. The van der Waals surface area contributed by atoms with Gasteiger partial charge in [0.1, 0.15) is 0 Å². The van der Waals surface area contributed by atoms with Gasteiger partial charge in [0.15, 0.2) is 0 Å². The van der Waals surface area contributed by atoms with Crippen molar-refractivity contribution in [2.24, 2.45) is 0 Å². The van der Waals surface area contributed by atoms with Crippen molar-refractivity contribution in [1.82, 2.24) is 0 Å². The lowest BCUT2D eigenvalue weighted by atomic mass is 10.1. The van der Waals surface area contributed by atoms with E-state index in [1.54, 1.807) is 6.07 Å². The summed E-state index contributed by atoms with van der Waals surface area (Å²) in [4.78, 5) is 12.2. The molecule has 0 fully saturated rings. The fourth-order valence-electron chi connectivity index (χ4n) is 2.49. The number of nitrogens with one attached hydrogen (secondary N) is 1. The molecule has 0 aliphatic heterocycles. The van der Waals surface area contributed by atoms with Gasteiger partial charge in [0, 0.05) is 15.7 Å². The van der Waals surface area contributed by atoms with E-state index in [1.165, 1.54) is 17.5 Å². The molecule has 20 heavy (non-hydrogen) atoms. The Morgan fingerprint density at radius 3 is 2.70 bits per heavy atom. The van der Waals surface area contributed by atoms with Crippen LogP contribution in [0.4, 0.5) is 5.69 Å². The highest BCUT2D eigenvalue weighted by Gasteiger charge is 2.14. The largest absolute Gasteiger partial charge is 0.322 e. The first kappa shape index (κ1) is 13.7. The lowest BCUT2D eigenvalue weighted by Gasteiger charge is -2.08. The molecule has 0 atom stereocenters. The van der Waals surface area contributed by atoms with Crippen LogP contribution in [-0.4, -0.2) is 5.91 Å². The van der Waals surface area contributed by atoms with E-state index in [0.29, 0.717) is 16.3 Å². The van der Waals surface area contributed by atoms with Gasteiger partial charge in [-0.25, -0.2) is 0 Å². The van der Waals surface area contributed by atoms with Crippen molar-refractivity contribution in [3.8, 4) is 0 Å². The van der Waals surface area contributed by atoms with Gasteiger partial charge < -0.3 is 5.32 Å². The summed E-state index contributed by atoms with van der Waals surface area (Å²) in [6, 6.07) is 11.3. The Hall–Kier alpha value is -1.32. The van der Waals surface area contributed by atoms with Crippen molar-refractivity contribution >= 4 is 39.1 Å². The zero-order valence-electron chi connectivity index (χ0n) is 10.7. The number of carbonyl (C=O) groups excluding carboxylic acids is 1. The molecule has 0 heterocycles. The van der Waals surface area contributed by atoms with Crippen LogP contribution in [0.15, 0.2) is 40.9 Å². The standard InChI is InChI=1S/C16H13BrClNO/c17-14-7-6-13(9-15(14)18)19-16(20)12-5-4-10-2-1-3-11(10)8-12/h4-9H,1-3H2,(H,19,20). The summed E-state index contributed by atoms with van der Waals surface area (Å²) in [5.41, 5.74) is 4.06. The number of hydrogen-bond donors (Lipinski definition) is 1. The van der Waals surface area contributed by atoms with E-state index in [9.17, 15) is 4.79 Å². The minimum absolute atomic E-state index is 0.0990. The summed E-state index contributed by atoms with van der Waals surface area (Å²) in [6.07, 6.45) is 3.38. The van der Waals surface area contributed by atoms with Gasteiger partial charge >= 0.3 is 0 Å². The number of fused-ring (bicyclic) bond motifs is 1. The molecule has 0 saturated carbocycles. The first-order valence-corrected chi connectivity index (χ1v) is 7.69. The Morgan fingerprint density at radius 2 is 1.90 bits per heavy atom. The van der Waals surface area contributed by atoms with Gasteiger partial charge in [-0.2, -0.15) is 0 Å². The van der Waals surface area contributed by atoms with Gasteiger partial charge in [0.25, 0.3) is 5.91 Å². The number of hydrogen-bond acceptors (Lipinski definition) is 1. The normalized spacial score (nSPS) is 13.1. The Balaban J connectivity index is 1.80. The third-order valence-corrected chi connectivity index (χ3v) is 4.77. The fourth-order valence-corrected chi connectivity index (χ4v) is 2.92. The Labute approximate surface area is 131 Å². The van der Waals surface area contributed by atoms with Crippen LogP contribution in [0.25, 0.3) is 0 Å². The average Bonchev–Trinajstić information content (AvgIpc) is 2.90. The van der Waals surface area contributed by atoms with Gasteiger partial charge in [-0.3, -0.25) is 4.79 Å². The van der Waals surface area contributed by atoms with Crippen molar-refractivity contribution in [2.45, 2.75) is 19.3 Å². The molecule has 0 radical (unpaired) electrons. The molecule has 3 rings (SSSR count). The maximum atomic E-state index is 12.2. The van der Waals surface area contributed by atoms with Crippen molar-refractivity contribution < 1.29 is 4.79 Å². The second kappa shape index (κ2) is 5.58. The number of rotatable bonds is 2. The molecule has 1 aliphatic rings. The number of aryl methyl sites for hydroxylation is 2. The van der Waals surface area contributed by atoms with Gasteiger partial charge in [-0.1, -0.05) is 17.7 Å². The number of anilines is 1. The zero-order chi connectivity index (χ0) is 14.1. The van der Waals surface area contributed by atoms with E-state index >= 15 is 0 Å². The molecule has 1 amide bonds. The number of halogens is 2. The van der Waals surface area contributed by atoms with Crippen LogP contribution >= 0.6 is 27.5 Å². The van der Waals surface area contributed by atoms with Crippen molar-refractivity contribution in [3.05, 3.63) is 62.6 Å². The third-order valence-electron chi connectivity index (χ3n) is 3.54. The van der Waals surface area contributed by atoms with Crippen molar-refractivity contribution in [1.29, 1.82) is 0 Å². The molecule has 1 aliphatic carbocycles. The Morgan fingerprint density at radius 1 is 1.10 bits per heavy atom. The summed E-state index contributed by atoms with van der Waals surface area (Å²) in [5, 5.41) is 3.45. The molecular formula is C16H13BrClNO. The predicted octanol–water partition coefficient (Wildman–Crippen LogP) is 4.84. The highest BCUT2D eigenvalue weighted by Crippen LogP contribution is 2.26. The van der Waals surface area contributed by atoms with E-state index in [4.69, 9.17) is 11.6 Å². The quantitative estimate of drug-likeness (QED) is 0.824. The molecule has 0 saturated heterocycles. The lowest BCUT2D eigenvalue weighted by molar-refractivity contribution is 0.102. The lowest BCUT2D eigenvalue weighted by Crippen LogP contribution is -2.12. The summed E-state index contributed by atoms with van der Waals surface area (Å²) in [6.45, 7) is 0. The number of benzene rings is 2. The molecule has 1 N–H and O–H groups in total. The van der Waals surface area contributed by atoms with E-state index < -0.39 is 0 Å². The highest BCUT2D eigenvalue weighted by molar-refractivity contribution is 9.10. The third kappa shape index (κ3) is 2.74. The van der Waals surface area contributed by atoms with Crippen molar-refractivity contribution in [2.75, 3.05) is 5.32 Å². The molecule has 4 heteroatoms. The van der Waals surface area contributed by atoms with Crippen LogP contribution in [0.5, 0.6) is 0 Å². The first-order chi connectivity index (χ1) is 9.63. The smallest absolute Gasteiger partial charge is 0.255 e. The molecule has 2 aromatic rings. The van der Waals surface area contributed by atoms with Crippen molar-refractivity contribution in [3.63, 3.8) is 0 Å². The average molecular weight is 351 g/mol. The van der Waals surface area contributed by atoms with Crippen LogP contribution in [0.2, 0.25) is 5.02 Å². The summed E-state index contributed by atoms with van der Waals surface area (Å²) in [5.74, 6) is -0.0990. The zero-order valence-corrected chi connectivity index (χ0v) is 13.1. The van der Waals surface area contributed by atoms with E-state index in [2.05, 4.69) is 27.3 Å². The van der Waals surface area contributed by atoms with Crippen LogP contribution in [0, 0.1) is 0 Å². The van der Waals surface area contributed by atoms with Crippen LogP contribution in [0.3, 0.4) is 0 Å². The van der Waals surface area contributed by atoms with Gasteiger partial charge in [0.2, 0.25) is 0 Å². The molecule has 0 aromatic heterocycles. The first-order valence-electron chi connectivity index (χ1n) is 6.52. The Kier molecular flexibility index (Phi) is 3.81. The summed E-state index contributed by atoms with van der Waals surface area (Å²) < 4.78 is 0.815. The van der Waals surface area contributed by atoms with Crippen LogP contribution in [0.1, 0.15) is 27.9 Å². The number of amides is 1. The molecule has 0 bridgehead atoms. The molecule has 0 unspecified atom stereocenters. The molecule has 0 spiro atoms. The second-order valence-electron chi connectivity index (χ2n) is 4.92. The highest BCUT2D eigenvalue weighted by atomic mass is 79.9. The van der Waals surface area contributed by atoms with Gasteiger partial charge in [0.05, 0.1) is 5.02 Å².